The number of carbonyl (C=O) groups is 2. The predicted molar refractivity (Wildman–Crippen MR) is 45.6 cm³/mol. The van der Waals surface area contributed by atoms with Crippen LogP contribution in [-0.4, -0.2) is 22.2 Å². The van der Waals surface area contributed by atoms with Crippen molar-refractivity contribution in [2.24, 2.45) is 0 Å². The van der Waals surface area contributed by atoms with E-state index < -0.39 is 17.9 Å². The summed E-state index contributed by atoms with van der Waals surface area (Å²) < 4.78 is 0. The number of aliphatic carboxylic acids is 2. The van der Waals surface area contributed by atoms with Gasteiger partial charge in [0.15, 0.2) is 5.92 Å². The van der Waals surface area contributed by atoms with Crippen LogP contribution in [0.1, 0.15) is 12.9 Å². The Morgan fingerprint density at radius 3 is 1.86 bits per heavy atom. The maximum atomic E-state index is 10.6. The van der Waals surface area contributed by atoms with Crippen molar-refractivity contribution in [2.45, 2.75) is 5.92 Å². The van der Waals surface area contributed by atoms with Gasteiger partial charge in [0.2, 0.25) is 0 Å². The topological polar surface area (TPSA) is 74.6 Å². The quantitative estimate of drug-likeness (QED) is 0.427. The molecule has 0 saturated carbocycles. The van der Waals surface area contributed by atoms with E-state index in [1.165, 1.54) is 12.1 Å². The summed E-state index contributed by atoms with van der Waals surface area (Å²) in [7, 11) is 0. The predicted octanol–water partition coefficient (Wildman–Crippen LogP) is -1.94. The number of benzene rings is 1. The van der Waals surface area contributed by atoms with Gasteiger partial charge < -0.3 is 11.6 Å². The Morgan fingerprint density at radius 2 is 1.50 bits per heavy atom. The molecule has 0 aliphatic carbocycles. The number of carboxylic acids is 2. The summed E-state index contributed by atoms with van der Waals surface area (Å²) in [5.41, 5.74) is 0.280. The first-order chi connectivity index (χ1) is 6.13. The molecule has 2 N–H and O–H groups in total. The summed E-state index contributed by atoms with van der Waals surface area (Å²) in [4.78, 5) is 21.1. The van der Waals surface area contributed by atoms with Crippen LogP contribution < -0.4 is 18.9 Å². The first-order valence-electron chi connectivity index (χ1n) is 3.63. The van der Waals surface area contributed by atoms with Crippen LogP contribution in [0.15, 0.2) is 30.3 Å². The molecule has 5 heteroatoms. The summed E-state index contributed by atoms with van der Waals surface area (Å²) >= 11 is 0. The van der Waals surface area contributed by atoms with E-state index in [4.69, 9.17) is 10.2 Å². The Labute approximate surface area is 94.2 Å². The molecule has 0 spiro atoms. The van der Waals surface area contributed by atoms with Crippen molar-refractivity contribution in [1.82, 2.24) is 0 Å². The molecule has 0 aromatic heterocycles. The zero-order valence-electron chi connectivity index (χ0n) is 8.68. The molecule has 0 unspecified atom stereocenters. The molecule has 1 aromatic rings. The average Bonchev–Trinajstić information content (AvgIpc) is 2.04. The molecule has 4 nitrogen and oxygen atoms in total. The van der Waals surface area contributed by atoms with Crippen molar-refractivity contribution in [2.75, 3.05) is 0 Å². The van der Waals surface area contributed by atoms with Gasteiger partial charge in [-0.2, -0.15) is 0 Å². The van der Waals surface area contributed by atoms with Crippen LogP contribution in [0.2, 0.25) is 0 Å². The smallest absolute Gasteiger partial charge is 1.00 e. The van der Waals surface area contributed by atoms with Gasteiger partial charge >= 0.3 is 30.8 Å². The Morgan fingerprint density at radius 1 is 1.07 bits per heavy atom. The molecule has 0 amide bonds. The van der Waals surface area contributed by atoms with Crippen LogP contribution in [0.5, 0.6) is 0 Å². The fraction of sp³-hybridized carbons (Fsp3) is 0.111. The summed E-state index contributed by atoms with van der Waals surface area (Å²) in [6, 6.07) is 7.87. The number of hydrogen-bond donors (Lipinski definition) is 2. The van der Waals surface area contributed by atoms with Gasteiger partial charge in [-0.3, -0.25) is 9.59 Å². The fourth-order valence-corrected chi connectivity index (χ4v) is 1.04. The molecule has 0 radical (unpaired) electrons. The van der Waals surface area contributed by atoms with E-state index in [0.29, 0.717) is 0 Å². The molecular weight excluding hydrogens is 179 g/mol. The third kappa shape index (κ3) is 2.91. The van der Waals surface area contributed by atoms with Crippen LogP contribution in [-0.2, 0) is 9.59 Å². The molecule has 0 aliphatic heterocycles. The van der Waals surface area contributed by atoms with Gasteiger partial charge in [-0.1, -0.05) is 30.3 Å². The van der Waals surface area contributed by atoms with Gasteiger partial charge in [-0.05, 0) is 5.56 Å². The first kappa shape index (κ1) is 12.8. The minimum Gasteiger partial charge on any atom is -1.00 e. The third-order valence-electron chi connectivity index (χ3n) is 1.63. The van der Waals surface area contributed by atoms with E-state index in [0.717, 1.165) is 0 Å². The molecule has 1 rings (SSSR count). The fourth-order valence-electron chi connectivity index (χ4n) is 1.04. The number of rotatable bonds is 3. The van der Waals surface area contributed by atoms with Gasteiger partial charge in [0.1, 0.15) is 0 Å². The summed E-state index contributed by atoms with van der Waals surface area (Å²) in [6.07, 6.45) is 0. The Balaban J connectivity index is 0. The van der Waals surface area contributed by atoms with Crippen molar-refractivity contribution in [3.8, 4) is 0 Å². The Kier molecular flexibility index (Phi) is 4.99. The van der Waals surface area contributed by atoms with Crippen molar-refractivity contribution < 1.29 is 40.1 Å². The zero-order chi connectivity index (χ0) is 9.84. The summed E-state index contributed by atoms with van der Waals surface area (Å²) in [5.74, 6) is -4.17. The van der Waals surface area contributed by atoms with E-state index >= 15 is 0 Å². The van der Waals surface area contributed by atoms with Crippen LogP contribution >= 0.6 is 0 Å². The van der Waals surface area contributed by atoms with E-state index in [1.807, 2.05) is 0 Å². The van der Waals surface area contributed by atoms with Crippen LogP contribution in [0.4, 0.5) is 0 Å². The average molecular weight is 188 g/mol. The van der Waals surface area contributed by atoms with Crippen LogP contribution in [0.25, 0.3) is 0 Å². The SMILES string of the molecule is O=C(O)C(C(=O)O)c1ccccc1.[H-].[Li+]. The number of carboxylic acid groups (broad SMARTS) is 2. The van der Waals surface area contributed by atoms with Gasteiger partial charge in [0, 0.05) is 0 Å². The molecule has 0 heterocycles. The second-order valence-electron chi connectivity index (χ2n) is 2.52. The maximum absolute atomic E-state index is 10.6. The molecule has 0 bridgehead atoms. The Bertz CT molecular complexity index is 314. The van der Waals surface area contributed by atoms with Gasteiger partial charge in [0.25, 0.3) is 0 Å². The van der Waals surface area contributed by atoms with E-state index in [-0.39, 0.29) is 25.9 Å². The Hall–Kier alpha value is -1.24. The van der Waals surface area contributed by atoms with Crippen molar-refractivity contribution >= 4 is 11.9 Å². The van der Waals surface area contributed by atoms with E-state index in [1.54, 1.807) is 18.2 Å². The molecular formula is C9H9LiO4. The minimum atomic E-state index is -1.47. The van der Waals surface area contributed by atoms with Crippen molar-refractivity contribution in [3.05, 3.63) is 35.9 Å². The van der Waals surface area contributed by atoms with Crippen LogP contribution in [0, 0.1) is 0 Å². The minimum absolute atomic E-state index is 0. The monoisotopic (exact) mass is 188 g/mol. The first-order valence-corrected chi connectivity index (χ1v) is 3.63. The summed E-state index contributed by atoms with van der Waals surface area (Å²) in [5, 5.41) is 17.2. The standard InChI is InChI=1S/C9H8O4.Li.H/c10-8(11)7(9(12)13)6-4-2-1-3-5-6;;/h1-5,7H,(H,10,11)(H,12,13);;/q;+1;-1. The van der Waals surface area contributed by atoms with Crippen LogP contribution in [0.3, 0.4) is 0 Å². The molecule has 1 aromatic carbocycles. The second-order valence-corrected chi connectivity index (χ2v) is 2.52. The molecule has 14 heavy (non-hydrogen) atoms. The molecule has 0 fully saturated rings. The van der Waals surface area contributed by atoms with Gasteiger partial charge in [-0.25, -0.2) is 0 Å². The van der Waals surface area contributed by atoms with Crippen molar-refractivity contribution in [3.63, 3.8) is 0 Å². The van der Waals surface area contributed by atoms with Gasteiger partial charge in [-0.15, -0.1) is 0 Å². The third-order valence-corrected chi connectivity index (χ3v) is 1.63. The summed E-state index contributed by atoms with van der Waals surface area (Å²) in [6.45, 7) is 0. The van der Waals surface area contributed by atoms with E-state index in [2.05, 4.69) is 0 Å². The molecule has 0 saturated heterocycles. The molecule has 70 valence electrons. The normalized spacial score (nSPS) is 9.21. The molecule has 0 atom stereocenters. The van der Waals surface area contributed by atoms with Gasteiger partial charge in [0.05, 0.1) is 0 Å². The van der Waals surface area contributed by atoms with Crippen molar-refractivity contribution in [1.29, 1.82) is 0 Å². The zero-order valence-corrected chi connectivity index (χ0v) is 7.68. The second kappa shape index (κ2) is 5.48. The van der Waals surface area contributed by atoms with E-state index in [9.17, 15) is 9.59 Å². The molecule has 0 aliphatic rings. The maximum Gasteiger partial charge on any atom is 1.00 e. The number of hydrogen-bond acceptors (Lipinski definition) is 2. The largest absolute Gasteiger partial charge is 1.00 e.